The van der Waals surface area contributed by atoms with Crippen molar-refractivity contribution in [2.24, 2.45) is 0 Å². The van der Waals surface area contributed by atoms with Crippen LogP contribution in [0.3, 0.4) is 0 Å². The second-order valence-electron chi connectivity index (χ2n) is 3.82. The zero-order valence-corrected chi connectivity index (χ0v) is 11.6. The molecule has 0 aliphatic heterocycles. The first-order chi connectivity index (χ1) is 8.22. The lowest BCUT2D eigenvalue weighted by Crippen LogP contribution is -2.05. The fourth-order valence-corrected chi connectivity index (χ4v) is 2.29. The molecular weight excluding hydrogens is 280 g/mol. The number of benzene rings is 1. The van der Waals surface area contributed by atoms with E-state index in [0.717, 1.165) is 28.3 Å². The van der Waals surface area contributed by atoms with Gasteiger partial charge in [0.2, 0.25) is 0 Å². The maximum Gasteiger partial charge on any atom is 0.177 e. The lowest BCUT2D eigenvalue weighted by molar-refractivity contribution is 0.293. The van der Waals surface area contributed by atoms with Gasteiger partial charge in [-0.05, 0) is 41.4 Å². The second kappa shape index (κ2) is 5.36. The van der Waals surface area contributed by atoms with Crippen molar-refractivity contribution in [3.05, 3.63) is 46.5 Å². The van der Waals surface area contributed by atoms with Crippen LogP contribution in [-0.4, -0.2) is 9.55 Å². The number of aryl methyl sites for hydroxylation is 1. The van der Waals surface area contributed by atoms with E-state index in [4.69, 9.17) is 4.74 Å². The molecule has 0 amide bonds. The molecule has 17 heavy (non-hydrogen) atoms. The van der Waals surface area contributed by atoms with Crippen LogP contribution < -0.4 is 4.74 Å². The van der Waals surface area contributed by atoms with Crippen LogP contribution in [0.4, 0.5) is 0 Å². The van der Waals surface area contributed by atoms with E-state index in [-0.39, 0.29) is 0 Å². The first kappa shape index (κ1) is 12.2. The first-order valence-electron chi connectivity index (χ1n) is 5.60. The molecule has 1 aromatic carbocycles. The Kier molecular flexibility index (Phi) is 3.84. The molecule has 1 aromatic heterocycles. The zero-order valence-electron chi connectivity index (χ0n) is 9.98. The molecule has 90 valence electrons. The number of hydrogen-bond donors (Lipinski definition) is 0. The van der Waals surface area contributed by atoms with E-state index in [0.29, 0.717) is 6.61 Å². The smallest absolute Gasteiger partial charge is 0.177 e. The Balaban J connectivity index is 2.10. The minimum absolute atomic E-state index is 0.539. The number of hydrogen-bond acceptors (Lipinski definition) is 2. The largest absolute Gasteiger partial charge is 0.487 e. The monoisotopic (exact) mass is 294 g/mol. The SMILES string of the molecule is CCn1c(COc2ccccc2C)cnc1Br. The highest BCUT2D eigenvalue weighted by Gasteiger charge is 2.07. The van der Waals surface area contributed by atoms with Crippen LogP contribution in [0.5, 0.6) is 5.75 Å². The van der Waals surface area contributed by atoms with E-state index in [9.17, 15) is 0 Å². The molecule has 0 bridgehead atoms. The van der Waals surface area contributed by atoms with Crippen molar-refractivity contribution in [2.45, 2.75) is 27.0 Å². The number of para-hydroxylation sites is 1. The number of aromatic nitrogens is 2. The molecule has 1 heterocycles. The van der Waals surface area contributed by atoms with Crippen LogP contribution in [0, 0.1) is 6.92 Å². The van der Waals surface area contributed by atoms with E-state index < -0.39 is 0 Å². The van der Waals surface area contributed by atoms with Crippen LogP contribution in [-0.2, 0) is 13.2 Å². The van der Waals surface area contributed by atoms with Crippen molar-refractivity contribution in [3.8, 4) is 5.75 Å². The summed E-state index contributed by atoms with van der Waals surface area (Å²) in [6, 6.07) is 8.02. The minimum atomic E-state index is 0.539. The maximum absolute atomic E-state index is 5.80. The van der Waals surface area contributed by atoms with Crippen molar-refractivity contribution in [1.29, 1.82) is 0 Å². The van der Waals surface area contributed by atoms with E-state index in [1.807, 2.05) is 37.4 Å². The average molecular weight is 295 g/mol. The lowest BCUT2D eigenvalue weighted by Gasteiger charge is -2.10. The van der Waals surface area contributed by atoms with Crippen molar-refractivity contribution >= 4 is 15.9 Å². The van der Waals surface area contributed by atoms with Crippen molar-refractivity contribution in [3.63, 3.8) is 0 Å². The van der Waals surface area contributed by atoms with Gasteiger partial charge in [0, 0.05) is 6.54 Å². The topological polar surface area (TPSA) is 27.1 Å². The van der Waals surface area contributed by atoms with Crippen molar-refractivity contribution < 1.29 is 4.74 Å². The van der Waals surface area contributed by atoms with Crippen LogP contribution in [0.25, 0.3) is 0 Å². The average Bonchev–Trinajstić information content (AvgIpc) is 2.69. The van der Waals surface area contributed by atoms with Gasteiger partial charge >= 0.3 is 0 Å². The Labute approximate surface area is 110 Å². The van der Waals surface area contributed by atoms with Gasteiger partial charge in [0.05, 0.1) is 11.9 Å². The maximum atomic E-state index is 5.80. The Hall–Kier alpha value is -1.29. The van der Waals surface area contributed by atoms with Crippen molar-refractivity contribution in [1.82, 2.24) is 9.55 Å². The molecule has 0 spiro atoms. The fraction of sp³-hybridized carbons (Fsp3) is 0.308. The van der Waals surface area contributed by atoms with Gasteiger partial charge in [-0.2, -0.15) is 0 Å². The summed E-state index contributed by atoms with van der Waals surface area (Å²) in [5.74, 6) is 0.924. The highest BCUT2D eigenvalue weighted by Crippen LogP contribution is 2.19. The number of rotatable bonds is 4. The number of ether oxygens (including phenoxy) is 1. The molecule has 2 aromatic rings. The first-order valence-corrected chi connectivity index (χ1v) is 6.40. The molecule has 0 saturated heterocycles. The predicted octanol–water partition coefficient (Wildman–Crippen LogP) is 3.55. The van der Waals surface area contributed by atoms with Crippen LogP contribution in [0.1, 0.15) is 18.2 Å². The predicted molar refractivity (Wildman–Crippen MR) is 71.1 cm³/mol. The molecule has 0 atom stereocenters. The molecular formula is C13H15BrN2O. The van der Waals surface area contributed by atoms with E-state index in [1.165, 1.54) is 0 Å². The summed E-state index contributed by atoms with van der Waals surface area (Å²) < 4.78 is 8.73. The molecule has 0 fully saturated rings. The van der Waals surface area contributed by atoms with Gasteiger partial charge in [-0.25, -0.2) is 4.98 Å². The third-order valence-corrected chi connectivity index (χ3v) is 3.31. The van der Waals surface area contributed by atoms with Gasteiger partial charge < -0.3 is 9.30 Å². The number of nitrogens with zero attached hydrogens (tertiary/aromatic N) is 2. The highest BCUT2D eigenvalue weighted by atomic mass is 79.9. The molecule has 4 heteroatoms. The summed E-state index contributed by atoms with van der Waals surface area (Å²) in [7, 11) is 0. The Morgan fingerprint density at radius 2 is 2.12 bits per heavy atom. The summed E-state index contributed by atoms with van der Waals surface area (Å²) in [5, 5.41) is 0. The Morgan fingerprint density at radius 1 is 1.35 bits per heavy atom. The van der Waals surface area contributed by atoms with Crippen LogP contribution in [0.15, 0.2) is 35.2 Å². The van der Waals surface area contributed by atoms with Gasteiger partial charge in [-0.15, -0.1) is 0 Å². The molecule has 0 unspecified atom stereocenters. The normalized spacial score (nSPS) is 10.5. The van der Waals surface area contributed by atoms with Gasteiger partial charge in [-0.1, -0.05) is 18.2 Å². The van der Waals surface area contributed by atoms with Gasteiger partial charge in [-0.3, -0.25) is 0 Å². The van der Waals surface area contributed by atoms with Gasteiger partial charge in [0.1, 0.15) is 12.4 Å². The summed E-state index contributed by atoms with van der Waals surface area (Å²) in [6.45, 7) is 5.55. The summed E-state index contributed by atoms with van der Waals surface area (Å²) in [5.41, 5.74) is 2.22. The second-order valence-corrected chi connectivity index (χ2v) is 4.53. The molecule has 0 N–H and O–H groups in total. The quantitative estimate of drug-likeness (QED) is 0.862. The van der Waals surface area contributed by atoms with Gasteiger partial charge in [0.15, 0.2) is 4.73 Å². The lowest BCUT2D eigenvalue weighted by atomic mass is 10.2. The molecule has 3 nitrogen and oxygen atoms in total. The highest BCUT2D eigenvalue weighted by molar-refractivity contribution is 9.10. The Morgan fingerprint density at radius 3 is 2.82 bits per heavy atom. The van der Waals surface area contributed by atoms with Gasteiger partial charge in [0.25, 0.3) is 0 Å². The third-order valence-electron chi connectivity index (χ3n) is 2.67. The summed E-state index contributed by atoms with van der Waals surface area (Å²) in [4.78, 5) is 4.22. The number of imidazole rings is 1. The van der Waals surface area contributed by atoms with E-state index >= 15 is 0 Å². The van der Waals surface area contributed by atoms with E-state index in [2.05, 4.69) is 32.4 Å². The molecule has 0 saturated carbocycles. The summed E-state index contributed by atoms with van der Waals surface area (Å²) >= 11 is 3.41. The fourth-order valence-electron chi connectivity index (χ4n) is 1.70. The third kappa shape index (κ3) is 2.69. The van der Waals surface area contributed by atoms with Crippen molar-refractivity contribution in [2.75, 3.05) is 0 Å². The van der Waals surface area contributed by atoms with Crippen LogP contribution in [0.2, 0.25) is 0 Å². The minimum Gasteiger partial charge on any atom is -0.487 e. The molecule has 0 radical (unpaired) electrons. The van der Waals surface area contributed by atoms with E-state index in [1.54, 1.807) is 0 Å². The standard InChI is InChI=1S/C13H15BrN2O/c1-3-16-11(8-15-13(16)14)9-17-12-7-5-4-6-10(12)2/h4-8H,3,9H2,1-2H3. The van der Waals surface area contributed by atoms with Crippen LogP contribution >= 0.6 is 15.9 Å². The number of halogens is 1. The molecule has 0 aliphatic rings. The molecule has 2 rings (SSSR count). The summed E-state index contributed by atoms with van der Waals surface area (Å²) in [6.07, 6.45) is 1.84. The Bertz CT molecular complexity index is 508. The zero-order chi connectivity index (χ0) is 12.3. The molecule has 0 aliphatic carbocycles.